The van der Waals surface area contributed by atoms with Gasteiger partial charge in [-0.15, -0.1) is 5.10 Å². The fourth-order valence-electron chi connectivity index (χ4n) is 1.72. The number of fused-ring (bicyclic) bond motifs is 1. The van der Waals surface area contributed by atoms with Crippen molar-refractivity contribution in [3.05, 3.63) is 24.4 Å². The molecule has 78 valence electrons. The molecule has 0 radical (unpaired) electrons. The van der Waals surface area contributed by atoms with Gasteiger partial charge in [0.2, 0.25) is 5.95 Å². The van der Waals surface area contributed by atoms with E-state index in [9.17, 15) is 0 Å². The molecule has 1 saturated heterocycles. The maximum Gasteiger partial charge on any atom is 0.243 e. The first kappa shape index (κ1) is 9.03. The molecule has 0 bridgehead atoms. The first-order valence-corrected chi connectivity index (χ1v) is 6.23. The molecule has 0 aromatic carbocycles. The average Bonchev–Trinajstić information content (AvgIpc) is 2.86. The number of thioether (sulfide) groups is 1. The quantitative estimate of drug-likeness (QED) is 0.835. The van der Waals surface area contributed by atoms with Crippen molar-refractivity contribution in [1.29, 1.82) is 0 Å². The van der Waals surface area contributed by atoms with Crippen molar-refractivity contribution in [3.63, 3.8) is 0 Å². The van der Waals surface area contributed by atoms with Crippen molar-refractivity contribution in [2.24, 2.45) is 0 Å². The van der Waals surface area contributed by atoms with Crippen LogP contribution < -0.4 is 5.32 Å². The SMILES string of the molecule is c1ccn2nc(NC3CCSC3)nc2c1. The minimum atomic E-state index is 0.535. The summed E-state index contributed by atoms with van der Waals surface area (Å²) < 4.78 is 1.80. The summed E-state index contributed by atoms with van der Waals surface area (Å²) >= 11 is 1.98. The lowest BCUT2D eigenvalue weighted by atomic mass is 10.3. The topological polar surface area (TPSA) is 42.2 Å². The zero-order valence-corrected chi connectivity index (χ0v) is 9.07. The van der Waals surface area contributed by atoms with Gasteiger partial charge in [-0.1, -0.05) is 6.07 Å². The Hall–Kier alpha value is -1.23. The third kappa shape index (κ3) is 1.79. The van der Waals surface area contributed by atoms with E-state index in [1.54, 1.807) is 4.52 Å². The van der Waals surface area contributed by atoms with Gasteiger partial charge in [0, 0.05) is 18.0 Å². The highest BCUT2D eigenvalue weighted by Gasteiger charge is 2.16. The highest BCUT2D eigenvalue weighted by atomic mass is 32.2. The molecule has 3 rings (SSSR count). The van der Waals surface area contributed by atoms with E-state index < -0.39 is 0 Å². The molecular formula is C10H12N4S. The lowest BCUT2D eigenvalue weighted by molar-refractivity contribution is 0.796. The van der Waals surface area contributed by atoms with Gasteiger partial charge in [-0.05, 0) is 24.3 Å². The Labute approximate surface area is 92.1 Å². The van der Waals surface area contributed by atoms with E-state index in [0.717, 1.165) is 17.3 Å². The van der Waals surface area contributed by atoms with Gasteiger partial charge in [-0.2, -0.15) is 16.7 Å². The van der Waals surface area contributed by atoms with Crippen molar-refractivity contribution in [1.82, 2.24) is 14.6 Å². The number of hydrogen-bond acceptors (Lipinski definition) is 4. The van der Waals surface area contributed by atoms with Crippen LogP contribution in [0.5, 0.6) is 0 Å². The van der Waals surface area contributed by atoms with Crippen LogP contribution in [0, 0.1) is 0 Å². The lowest BCUT2D eigenvalue weighted by Crippen LogP contribution is -2.18. The first-order chi connectivity index (χ1) is 7.42. The fraction of sp³-hybridized carbons (Fsp3) is 0.400. The first-order valence-electron chi connectivity index (χ1n) is 5.07. The van der Waals surface area contributed by atoms with Gasteiger partial charge in [-0.3, -0.25) is 0 Å². The highest BCUT2D eigenvalue weighted by Crippen LogP contribution is 2.20. The number of rotatable bonds is 2. The molecule has 1 aliphatic heterocycles. The van der Waals surface area contributed by atoms with Crippen LogP contribution in [0.25, 0.3) is 5.65 Å². The summed E-state index contributed by atoms with van der Waals surface area (Å²) in [6.07, 6.45) is 3.12. The van der Waals surface area contributed by atoms with Crippen LogP contribution >= 0.6 is 11.8 Å². The molecule has 1 unspecified atom stereocenters. The molecule has 4 nitrogen and oxygen atoms in total. The molecule has 0 amide bonds. The fourth-order valence-corrected chi connectivity index (χ4v) is 2.88. The van der Waals surface area contributed by atoms with Crippen molar-refractivity contribution >= 4 is 23.4 Å². The number of nitrogens with zero attached hydrogens (tertiary/aromatic N) is 3. The standard InChI is InChI=1S/C10H12N4S/c1-2-5-14-9(3-1)12-10(13-14)11-8-4-6-15-7-8/h1-3,5,8H,4,6-7H2,(H,11,13). The Balaban J connectivity index is 1.84. The summed E-state index contributed by atoms with van der Waals surface area (Å²) in [6.45, 7) is 0. The molecule has 1 N–H and O–H groups in total. The molecule has 2 aromatic heterocycles. The second kappa shape index (κ2) is 3.73. The maximum absolute atomic E-state index is 4.41. The molecular weight excluding hydrogens is 208 g/mol. The third-order valence-corrected chi connectivity index (χ3v) is 3.67. The average molecular weight is 220 g/mol. The van der Waals surface area contributed by atoms with Crippen LogP contribution in [-0.4, -0.2) is 32.1 Å². The normalized spacial score (nSPS) is 20.9. The minimum Gasteiger partial charge on any atom is -0.349 e. The number of aromatic nitrogens is 3. The van der Waals surface area contributed by atoms with Crippen molar-refractivity contribution in [2.45, 2.75) is 12.5 Å². The molecule has 0 spiro atoms. The van der Waals surface area contributed by atoms with E-state index in [-0.39, 0.29) is 0 Å². The molecule has 1 atom stereocenters. The molecule has 1 fully saturated rings. The van der Waals surface area contributed by atoms with Crippen LogP contribution in [0.2, 0.25) is 0 Å². The van der Waals surface area contributed by atoms with Gasteiger partial charge in [0.15, 0.2) is 5.65 Å². The molecule has 0 saturated carbocycles. The molecule has 1 aliphatic rings. The van der Waals surface area contributed by atoms with E-state index in [4.69, 9.17) is 0 Å². The van der Waals surface area contributed by atoms with Gasteiger partial charge in [0.1, 0.15) is 0 Å². The largest absolute Gasteiger partial charge is 0.349 e. The lowest BCUT2D eigenvalue weighted by Gasteiger charge is -2.07. The Morgan fingerprint density at radius 1 is 1.47 bits per heavy atom. The van der Waals surface area contributed by atoms with E-state index in [1.807, 2.05) is 36.2 Å². The van der Waals surface area contributed by atoms with Gasteiger partial charge >= 0.3 is 0 Å². The summed E-state index contributed by atoms with van der Waals surface area (Å²) in [5.41, 5.74) is 0.894. The zero-order valence-electron chi connectivity index (χ0n) is 8.26. The van der Waals surface area contributed by atoms with Crippen molar-refractivity contribution < 1.29 is 0 Å². The Morgan fingerprint density at radius 2 is 2.47 bits per heavy atom. The van der Waals surface area contributed by atoms with Crippen LogP contribution in [0.15, 0.2) is 24.4 Å². The number of hydrogen-bond donors (Lipinski definition) is 1. The monoisotopic (exact) mass is 220 g/mol. The van der Waals surface area contributed by atoms with Crippen molar-refractivity contribution in [2.75, 3.05) is 16.8 Å². The van der Waals surface area contributed by atoms with Gasteiger partial charge in [0.25, 0.3) is 0 Å². The second-order valence-corrected chi connectivity index (χ2v) is 4.79. The zero-order chi connectivity index (χ0) is 10.1. The highest BCUT2D eigenvalue weighted by molar-refractivity contribution is 7.99. The van der Waals surface area contributed by atoms with Crippen LogP contribution in [0.1, 0.15) is 6.42 Å². The summed E-state index contributed by atoms with van der Waals surface area (Å²) in [6, 6.07) is 6.42. The maximum atomic E-state index is 4.41. The predicted molar refractivity (Wildman–Crippen MR) is 62.3 cm³/mol. The van der Waals surface area contributed by atoms with E-state index in [1.165, 1.54) is 12.2 Å². The second-order valence-electron chi connectivity index (χ2n) is 3.64. The summed E-state index contributed by atoms with van der Waals surface area (Å²) in [4.78, 5) is 4.41. The van der Waals surface area contributed by atoms with Gasteiger partial charge < -0.3 is 5.32 Å². The Morgan fingerprint density at radius 3 is 3.27 bits per heavy atom. The molecule has 5 heteroatoms. The summed E-state index contributed by atoms with van der Waals surface area (Å²) in [5, 5.41) is 7.73. The van der Waals surface area contributed by atoms with Crippen LogP contribution in [0.3, 0.4) is 0 Å². The third-order valence-electron chi connectivity index (χ3n) is 2.50. The Bertz CT molecular complexity index is 428. The van der Waals surface area contributed by atoms with E-state index in [0.29, 0.717) is 6.04 Å². The van der Waals surface area contributed by atoms with Crippen LogP contribution in [0.4, 0.5) is 5.95 Å². The Kier molecular flexibility index (Phi) is 2.25. The van der Waals surface area contributed by atoms with Crippen LogP contribution in [-0.2, 0) is 0 Å². The van der Waals surface area contributed by atoms with E-state index in [2.05, 4.69) is 15.4 Å². The minimum absolute atomic E-state index is 0.535. The number of pyridine rings is 1. The van der Waals surface area contributed by atoms with Gasteiger partial charge in [0.05, 0.1) is 0 Å². The molecule has 2 aromatic rings. The number of nitrogens with one attached hydrogen (secondary N) is 1. The van der Waals surface area contributed by atoms with Gasteiger partial charge in [-0.25, -0.2) is 4.52 Å². The summed E-state index contributed by atoms with van der Waals surface area (Å²) in [7, 11) is 0. The summed E-state index contributed by atoms with van der Waals surface area (Å²) in [5.74, 6) is 3.15. The smallest absolute Gasteiger partial charge is 0.243 e. The van der Waals surface area contributed by atoms with Crippen molar-refractivity contribution in [3.8, 4) is 0 Å². The predicted octanol–water partition coefficient (Wildman–Crippen LogP) is 1.65. The molecule has 0 aliphatic carbocycles. The van der Waals surface area contributed by atoms with E-state index >= 15 is 0 Å². The molecule has 3 heterocycles. The number of anilines is 1. The molecule has 15 heavy (non-hydrogen) atoms.